The van der Waals surface area contributed by atoms with Crippen LogP contribution in [0, 0.1) is 0 Å². The lowest BCUT2D eigenvalue weighted by atomic mass is 10.1. The molecule has 3 nitrogen and oxygen atoms in total. The van der Waals surface area contributed by atoms with Gasteiger partial charge in [0.15, 0.2) is 0 Å². The van der Waals surface area contributed by atoms with Gasteiger partial charge in [-0.25, -0.2) is 0 Å². The number of benzene rings is 2. The molecule has 0 aromatic heterocycles. The van der Waals surface area contributed by atoms with Crippen LogP contribution in [0.2, 0.25) is 0 Å². The zero-order valence-corrected chi connectivity index (χ0v) is 9.56. The third kappa shape index (κ3) is 3.23. The molecule has 0 amide bonds. The van der Waals surface area contributed by atoms with Crippen LogP contribution in [-0.4, -0.2) is 5.11 Å². The topological polar surface area (TPSA) is 58.3 Å². The Bertz CT molecular complexity index is 497. The molecule has 4 N–H and O–H groups in total. The van der Waals surface area contributed by atoms with Gasteiger partial charge in [0.25, 0.3) is 0 Å². The second-order valence-electron chi connectivity index (χ2n) is 3.96. The number of aliphatic hydroxyl groups excluding tert-OH is 1. The Morgan fingerprint density at radius 3 is 2.53 bits per heavy atom. The molecule has 88 valence electrons. The molecule has 0 bridgehead atoms. The third-order valence-corrected chi connectivity index (χ3v) is 2.56. The van der Waals surface area contributed by atoms with Crippen molar-refractivity contribution in [2.24, 2.45) is 0 Å². The summed E-state index contributed by atoms with van der Waals surface area (Å²) in [7, 11) is 0. The molecule has 0 heterocycles. The fourth-order valence-corrected chi connectivity index (χ4v) is 1.69. The van der Waals surface area contributed by atoms with E-state index < -0.39 is 0 Å². The average Bonchev–Trinajstić information content (AvgIpc) is 2.37. The van der Waals surface area contributed by atoms with E-state index in [1.807, 2.05) is 48.5 Å². The molecule has 2 aromatic carbocycles. The molecule has 2 aromatic rings. The molecule has 0 radical (unpaired) electrons. The van der Waals surface area contributed by atoms with E-state index in [0.29, 0.717) is 0 Å². The Kier molecular flexibility index (Phi) is 3.62. The molecular weight excluding hydrogens is 212 g/mol. The monoisotopic (exact) mass is 228 g/mol. The van der Waals surface area contributed by atoms with Crippen molar-refractivity contribution in [3.63, 3.8) is 0 Å². The number of nitrogens with two attached hydrogens (primary N) is 1. The predicted molar refractivity (Wildman–Crippen MR) is 70.5 cm³/mol. The minimum absolute atomic E-state index is 0.0755. The Morgan fingerprint density at radius 1 is 1.00 bits per heavy atom. The highest BCUT2D eigenvalue weighted by atomic mass is 16.3. The lowest BCUT2D eigenvalue weighted by molar-refractivity contribution is 0.281. The van der Waals surface area contributed by atoms with Gasteiger partial charge in [-0.05, 0) is 29.3 Å². The van der Waals surface area contributed by atoms with Crippen molar-refractivity contribution in [1.29, 1.82) is 0 Å². The van der Waals surface area contributed by atoms with Crippen molar-refractivity contribution >= 4 is 11.4 Å². The molecule has 0 unspecified atom stereocenters. The second-order valence-corrected chi connectivity index (χ2v) is 3.96. The van der Waals surface area contributed by atoms with Gasteiger partial charge >= 0.3 is 0 Å². The minimum Gasteiger partial charge on any atom is -0.399 e. The molecule has 2 rings (SSSR count). The molecule has 0 spiro atoms. The molecule has 0 aliphatic rings. The number of rotatable bonds is 4. The van der Waals surface area contributed by atoms with Gasteiger partial charge in [-0.15, -0.1) is 0 Å². The van der Waals surface area contributed by atoms with Gasteiger partial charge in [0.1, 0.15) is 0 Å². The maximum atomic E-state index is 9.05. The third-order valence-electron chi connectivity index (χ3n) is 2.56. The number of anilines is 2. The summed E-state index contributed by atoms with van der Waals surface area (Å²) in [6.45, 7) is 0.795. The highest BCUT2D eigenvalue weighted by molar-refractivity contribution is 5.54. The summed E-state index contributed by atoms with van der Waals surface area (Å²) < 4.78 is 0. The first-order chi connectivity index (χ1) is 8.28. The van der Waals surface area contributed by atoms with E-state index in [1.165, 1.54) is 0 Å². The van der Waals surface area contributed by atoms with E-state index in [1.54, 1.807) is 0 Å². The fraction of sp³-hybridized carbons (Fsp3) is 0.143. The van der Waals surface area contributed by atoms with Crippen molar-refractivity contribution in [2.75, 3.05) is 11.1 Å². The van der Waals surface area contributed by atoms with Crippen LogP contribution >= 0.6 is 0 Å². The van der Waals surface area contributed by atoms with Gasteiger partial charge in [0.2, 0.25) is 0 Å². The normalized spacial score (nSPS) is 10.2. The second kappa shape index (κ2) is 5.37. The van der Waals surface area contributed by atoms with E-state index in [4.69, 9.17) is 10.8 Å². The Labute approximate surface area is 101 Å². The number of hydrogen-bond acceptors (Lipinski definition) is 3. The highest BCUT2D eigenvalue weighted by Crippen LogP contribution is 2.13. The lowest BCUT2D eigenvalue weighted by Crippen LogP contribution is -2.00. The lowest BCUT2D eigenvalue weighted by Gasteiger charge is -2.08. The van der Waals surface area contributed by atoms with Crippen LogP contribution in [0.4, 0.5) is 11.4 Å². The minimum atomic E-state index is 0.0755. The number of hydrogen-bond donors (Lipinski definition) is 3. The fourth-order valence-electron chi connectivity index (χ4n) is 1.69. The molecular formula is C14H16N2O. The van der Waals surface area contributed by atoms with Crippen LogP contribution in [0.3, 0.4) is 0 Å². The van der Waals surface area contributed by atoms with Crippen molar-refractivity contribution in [2.45, 2.75) is 13.2 Å². The van der Waals surface area contributed by atoms with Crippen LogP contribution in [0.5, 0.6) is 0 Å². The largest absolute Gasteiger partial charge is 0.399 e. The average molecular weight is 228 g/mol. The summed E-state index contributed by atoms with van der Waals surface area (Å²) in [5.74, 6) is 0. The number of nitrogen functional groups attached to an aromatic ring is 1. The van der Waals surface area contributed by atoms with E-state index in [2.05, 4.69) is 5.32 Å². The summed E-state index contributed by atoms with van der Waals surface area (Å²) in [5.41, 5.74) is 9.51. The quantitative estimate of drug-likeness (QED) is 0.704. The summed E-state index contributed by atoms with van der Waals surface area (Å²) >= 11 is 0. The maximum absolute atomic E-state index is 9.05. The van der Waals surface area contributed by atoms with Crippen molar-refractivity contribution in [3.05, 3.63) is 59.7 Å². The standard InChI is InChI=1S/C14H16N2O/c15-13-5-2-6-14(8-13)16-9-11-3-1-4-12(7-11)10-17/h1-8,16-17H,9-10,15H2. The Morgan fingerprint density at radius 2 is 1.76 bits per heavy atom. The summed E-state index contributed by atoms with van der Waals surface area (Å²) in [4.78, 5) is 0. The zero-order valence-electron chi connectivity index (χ0n) is 9.56. The smallest absolute Gasteiger partial charge is 0.0681 e. The highest BCUT2D eigenvalue weighted by Gasteiger charge is 1.96. The first-order valence-electron chi connectivity index (χ1n) is 5.56. The van der Waals surface area contributed by atoms with Crippen LogP contribution in [-0.2, 0) is 13.2 Å². The van der Waals surface area contributed by atoms with Crippen molar-refractivity contribution < 1.29 is 5.11 Å². The van der Waals surface area contributed by atoms with Crippen LogP contribution in [0.15, 0.2) is 48.5 Å². The summed E-state index contributed by atoms with van der Waals surface area (Å²) in [6, 6.07) is 15.5. The van der Waals surface area contributed by atoms with Crippen LogP contribution in [0.25, 0.3) is 0 Å². The van der Waals surface area contributed by atoms with Gasteiger partial charge in [0.05, 0.1) is 6.61 Å². The molecule has 0 saturated heterocycles. The molecule has 0 aliphatic heterocycles. The molecule has 17 heavy (non-hydrogen) atoms. The van der Waals surface area contributed by atoms with Gasteiger partial charge < -0.3 is 16.2 Å². The van der Waals surface area contributed by atoms with Gasteiger partial charge in [-0.2, -0.15) is 0 Å². The molecule has 3 heteroatoms. The zero-order chi connectivity index (χ0) is 12.1. The number of nitrogens with one attached hydrogen (secondary N) is 1. The summed E-state index contributed by atoms with van der Waals surface area (Å²) in [6.07, 6.45) is 0. The molecule has 0 atom stereocenters. The van der Waals surface area contributed by atoms with Crippen LogP contribution < -0.4 is 11.1 Å². The Hall–Kier alpha value is -2.00. The van der Waals surface area contributed by atoms with Gasteiger partial charge in [-0.3, -0.25) is 0 Å². The van der Waals surface area contributed by atoms with E-state index in [-0.39, 0.29) is 6.61 Å². The maximum Gasteiger partial charge on any atom is 0.0681 e. The number of aliphatic hydroxyl groups is 1. The van der Waals surface area contributed by atoms with E-state index in [9.17, 15) is 0 Å². The first-order valence-corrected chi connectivity index (χ1v) is 5.56. The molecule has 0 aliphatic carbocycles. The Balaban J connectivity index is 2.02. The van der Waals surface area contributed by atoms with E-state index >= 15 is 0 Å². The summed E-state index contributed by atoms with van der Waals surface area (Å²) in [5, 5.41) is 12.3. The molecule has 0 fully saturated rings. The molecule has 0 saturated carbocycles. The van der Waals surface area contributed by atoms with E-state index in [0.717, 1.165) is 29.0 Å². The van der Waals surface area contributed by atoms with Gasteiger partial charge in [-0.1, -0.05) is 30.3 Å². The SMILES string of the molecule is Nc1cccc(NCc2cccc(CO)c2)c1. The van der Waals surface area contributed by atoms with Gasteiger partial charge in [0, 0.05) is 17.9 Å². The van der Waals surface area contributed by atoms with Crippen molar-refractivity contribution in [1.82, 2.24) is 0 Å². The predicted octanol–water partition coefficient (Wildman–Crippen LogP) is 2.37. The first kappa shape index (κ1) is 11.5. The van der Waals surface area contributed by atoms with Crippen LogP contribution in [0.1, 0.15) is 11.1 Å². The van der Waals surface area contributed by atoms with Crippen molar-refractivity contribution in [3.8, 4) is 0 Å².